The maximum Gasteiger partial charge on any atom is 0.0662 e. The lowest BCUT2D eigenvalue weighted by Crippen LogP contribution is -2.06. The third-order valence-electron chi connectivity index (χ3n) is 3.42. The normalized spacial score (nSPS) is 17.2. The lowest BCUT2D eigenvalue weighted by atomic mass is 10.2. The number of nitrogens with one attached hydrogen (secondary N) is 1. The van der Waals surface area contributed by atoms with E-state index >= 15 is 0 Å². The van der Waals surface area contributed by atoms with Gasteiger partial charge in [-0.05, 0) is 38.9 Å². The number of hydrogen-bond acceptors (Lipinski definition) is 2. The Labute approximate surface area is 104 Å². The van der Waals surface area contributed by atoms with Gasteiger partial charge in [-0.1, -0.05) is 25.0 Å². The van der Waals surface area contributed by atoms with Gasteiger partial charge in [-0.15, -0.1) is 0 Å². The zero-order valence-corrected chi connectivity index (χ0v) is 10.7. The summed E-state index contributed by atoms with van der Waals surface area (Å²) in [5, 5.41) is 7.80. The van der Waals surface area contributed by atoms with Crippen LogP contribution in [0.25, 0.3) is 0 Å². The molecule has 3 heteroatoms. The van der Waals surface area contributed by atoms with Crippen molar-refractivity contribution in [1.82, 2.24) is 15.1 Å². The van der Waals surface area contributed by atoms with E-state index in [2.05, 4.69) is 39.5 Å². The number of aromatic nitrogens is 2. The molecule has 1 heterocycles. The molecule has 0 bridgehead atoms. The second-order valence-electron chi connectivity index (χ2n) is 4.79. The van der Waals surface area contributed by atoms with Crippen LogP contribution in [0.15, 0.2) is 24.4 Å². The first-order valence-electron chi connectivity index (χ1n) is 6.74. The Morgan fingerprint density at radius 2 is 2.24 bits per heavy atom. The third kappa shape index (κ3) is 3.70. The van der Waals surface area contributed by atoms with E-state index in [1.165, 1.54) is 31.4 Å². The van der Waals surface area contributed by atoms with E-state index in [1.807, 2.05) is 7.05 Å². The van der Waals surface area contributed by atoms with Crippen molar-refractivity contribution in [2.24, 2.45) is 0 Å². The summed E-state index contributed by atoms with van der Waals surface area (Å²) in [6.07, 6.45) is 14.0. The molecule has 94 valence electrons. The summed E-state index contributed by atoms with van der Waals surface area (Å²) >= 11 is 0. The molecule has 0 amide bonds. The van der Waals surface area contributed by atoms with Gasteiger partial charge >= 0.3 is 0 Å². The van der Waals surface area contributed by atoms with E-state index in [4.69, 9.17) is 0 Å². The molecular formula is C14H23N3. The summed E-state index contributed by atoms with van der Waals surface area (Å²) in [6.45, 7) is 1.05. The van der Waals surface area contributed by atoms with Gasteiger partial charge in [-0.2, -0.15) is 5.10 Å². The molecule has 17 heavy (non-hydrogen) atoms. The topological polar surface area (TPSA) is 29.9 Å². The molecule has 0 spiro atoms. The molecule has 0 atom stereocenters. The van der Waals surface area contributed by atoms with Gasteiger partial charge < -0.3 is 5.32 Å². The average Bonchev–Trinajstić information content (AvgIpc) is 2.99. The SMILES string of the molecule is CNCCC=CCc1ccn(C2CCCC2)n1. The highest BCUT2D eigenvalue weighted by molar-refractivity contribution is 5.05. The minimum atomic E-state index is 0.664. The van der Waals surface area contributed by atoms with Crippen LogP contribution < -0.4 is 5.32 Å². The molecule has 1 aliphatic carbocycles. The minimum Gasteiger partial charge on any atom is -0.319 e. The van der Waals surface area contributed by atoms with Gasteiger partial charge in [0.15, 0.2) is 0 Å². The van der Waals surface area contributed by atoms with Crippen molar-refractivity contribution in [3.05, 3.63) is 30.1 Å². The van der Waals surface area contributed by atoms with Gasteiger partial charge in [0.1, 0.15) is 0 Å². The average molecular weight is 233 g/mol. The maximum atomic E-state index is 4.66. The molecule has 1 N–H and O–H groups in total. The summed E-state index contributed by atoms with van der Waals surface area (Å²) in [6, 6.07) is 2.82. The molecule has 0 aliphatic heterocycles. The van der Waals surface area contributed by atoms with Crippen molar-refractivity contribution in [3.8, 4) is 0 Å². The summed E-state index contributed by atoms with van der Waals surface area (Å²) in [5.41, 5.74) is 1.19. The largest absolute Gasteiger partial charge is 0.319 e. The predicted octanol–water partition coefficient (Wildman–Crippen LogP) is 2.71. The lowest BCUT2D eigenvalue weighted by Gasteiger charge is -2.08. The van der Waals surface area contributed by atoms with E-state index in [1.54, 1.807) is 0 Å². The fraction of sp³-hybridized carbons (Fsp3) is 0.643. The van der Waals surface area contributed by atoms with Crippen LogP contribution in [0.4, 0.5) is 0 Å². The smallest absolute Gasteiger partial charge is 0.0662 e. The highest BCUT2D eigenvalue weighted by Gasteiger charge is 2.17. The lowest BCUT2D eigenvalue weighted by molar-refractivity contribution is 0.464. The van der Waals surface area contributed by atoms with Crippen molar-refractivity contribution in [1.29, 1.82) is 0 Å². The third-order valence-corrected chi connectivity index (χ3v) is 3.42. The van der Waals surface area contributed by atoms with Gasteiger partial charge in [-0.25, -0.2) is 0 Å². The Balaban J connectivity index is 1.79. The van der Waals surface area contributed by atoms with Crippen LogP contribution in [0.3, 0.4) is 0 Å². The molecule has 1 fully saturated rings. The Bertz CT molecular complexity index is 348. The van der Waals surface area contributed by atoms with E-state index < -0.39 is 0 Å². The zero-order chi connectivity index (χ0) is 11.9. The maximum absolute atomic E-state index is 4.66. The van der Waals surface area contributed by atoms with Crippen LogP contribution in [-0.4, -0.2) is 23.4 Å². The molecular weight excluding hydrogens is 210 g/mol. The molecule has 0 saturated heterocycles. The van der Waals surface area contributed by atoms with Crippen molar-refractivity contribution >= 4 is 0 Å². The van der Waals surface area contributed by atoms with Crippen molar-refractivity contribution in [2.75, 3.05) is 13.6 Å². The van der Waals surface area contributed by atoms with E-state index in [0.29, 0.717) is 6.04 Å². The Hall–Kier alpha value is -1.09. The molecule has 1 aliphatic rings. The van der Waals surface area contributed by atoms with Gasteiger partial charge in [0.25, 0.3) is 0 Å². The van der Waals surface area contributed by atoms with E-state index in [0.717, 1.165) is 19.4 Å². The Morgan fingerprint density at radius 1 is 1.41 bits per heavy atom. The molecule has 3 nitrogen and oxygen atoms in total. The van der Waals surface area contributed by atoms with Crippen LogP contribution in [0.5, 0.6) is 0 Å². The molecule has 1 saturated carbocycles. The molecule has 1 aromatic heterocycles. The fourth-order valence-corrected chi connectivity index (χ4v) is 2.41. The van der Waals surface area contributed by atoms with Gasteiger partial charge in [0.2, 0.25) is 0 Å². The molecule has 1 aromatic rings. The van der Waals surface area contributed by atoms with Crippen molar-refractivity contribution in [3.63, 3.8) is 0 Å². The van der Waals surface area contributed by atoms with E-state index in [9.17, 15) is 0 Å². The monoisotopic (exact) mass is 233 g/mol. The first-order valence-corrected chi connectivity index (χ1v) is 6.74. The second-order valence-corrected chi connectivity index (χ2v) is 4.79. The Morgan fingerprint density at radius 3 is 3.00 bits per heavy atom. The van der Waals surface area contributed by atoms with Crippen LogP contribution in [0.2, 0.25) is 0 Å². The summed E-state index contributed by atoms with van der Waals surface area (Å²) in [4.78, 5) is 0. The quantitative estimate of drug-likeness (QED) is 0.605. The van der Waals surface area contributed by atoms with Crippen molar-refractivity contribution < 1.29 is 0 Å². The minimum absolute atomic E-state index is 0.664. The summed E-state index contributed by atoms with van der Waals surface area (Å²) in [5.74, 6) is 0. The van der Waals surface area contributed by atoms with Crippen LogP contribution in [-0.2, 0) is 6.42 Å². The number of hydrogen-bond donors (Lipinski definition) is 1. The molecule has 0 radical (unpaired) electrons. The van der Waals surface area contributed by atoms with Gasteiger partial charge in [0, 0.05) is 12.6 Å². The number of allylic oxidation sites excluding steroid dienone is 1. The van der Waals surface area contributed by atoms with Crippen LogP contribution in [0, 0.1) is 0 Å². The fourth-order valence-electron chi connectivity index (χ4n) is 2.41. The number of nitrogens with zero attached hydrogens (tertiary/aromatic N) is 2. The van der Waals surface area contributed by atoms with Gasteiger partial charge in [-0.3, -0.25) is 4.68 Å². The summed E-state index contributed by atoms with van der Waals surface area (Å²) in [7, 11) is 1.98. The van der Waals surface area contributed by atoms with Gasteiger partial charge in [0.05, 0.1) is 11.7 Å². The number of rotatable bonds is 6. The second kappa shape index (κ2) is 6.60. The van der Waals surface area contributed by atoms with Crippen LogP contribution in [0.1, 0.15) is 43.8 Å². The predicted molar refractivity (Wildman–Crippen MR) is 71.1 cm³/mol. The molecule has 2 rings (SSSR count). The standard InChI is InChI=1S/C14H23N3/c1-15-11-6-2-3-7-13-10-12-17(16-13)14-8-4-5-9-14/h2-3,10,12,14-15H,4-9,11H2,1H3. The first kappa shape index (κ1) is 12.4. The molecule has 0 aromatic carbocycles. The summed E-state index contributed by atoms with van der Waals surface area (Å²) < 4.78 is 2.17. The Kier molecular flexibility index (Phi) is 4.80. The van der Waals surface area contributed by atoms with Crippen molar-refractivity contribution in [2.45, 2.75) is 44.6 Å². The first-order chi connectivity index (χ1) is 8.40. The van der Waals surface area contributed by atoms with E-state index in [-0.39, 0.29) is 0 Å². The highest BCUT2D eigenvalue weighted by Crippen LogP contribution is 2.28. The molecule has 0 unspecified atom stereocenters. The zero-order valence-electron chi connectivity index (χ0n) is 10.7. The highest BCUT2D eigenvalue weighted by atomic mass is 15.3. The van der Waals surface area contributed by atoms with Crippen LogP contribution >= 0.6 is 0 Å².